The molecule has 0 aliphatic carbocycles. The van der Waals surface area contributed by atoms with Crippen molar-refractivity contribution in [1.29, 1.82) is 0 Å². The molecule has 5 nitrogen and oxygen atoms in total. The van der Waals surface area contributed by atoms with Gasteiger partial charge in [0.25, 0.3) is 0 Å². The molecule has 1 aromatic heterocycles. The minimum Gasteiger partial charge on any atom is -0.314 e. The van der Waals surface area contributed by atoms with Crippen LogP contribution < -0.4 is 5.32 Å². The van der Waals surface area contributed by atoms with Gasteiger partial charge < -0.3 is 5.32 Å². The molecule has 1 unspecified atom stereocenters. The second kappa shape index (κ2) is 4.67. The Kier molecular flexibility index (Phi) is 3.76. The first kappa shape index (κ1) is 12.1. The third-order valence-corrected chi connectivity index (χ3v) is 3.59. The number of nitrogens with zero attached hydrogens (tertiary/aromatic N) is 2. The number of nitrogens with one attached hydrogen (secondary N) is 1. The Morgan fingerprint density at radius 3 is 2.73 bits per heavy atom. The molecule has 0 amide bonds. The maximum absolute atomic E-state index is 11.3. The van der Waals surface area contributed by atoms with Crippen molar-refractivity contribution in [3.63, 3.8) is 0 Å². The fourth-order valence-corrected chi connectivity index (χ4v) is 1.58. The monoisotopic (exact) mass is 229 g/mol. The van der Waals surface area contributed by atoms with Crippen LogP contribution in [0.4, 0.5) is 0 Å². The molecule has 0 aliphatic rings. The van der Waals surface area contributed by atoms with Gasteiger partial charge in [-0.25, -0.2) is 18.4 Å². The average Bonchev–Trinajstić information content (AvgIpc) is 2.16. The average molecular weight is 229 g/mol. The summed E-state index contributed by atoms with van der Waals surface area (Å²) < 4.78 is 22.6. The molecule has 0 aliphatic heterocycles. The van der Waals surface area contributed by atoms with Gasteiger partial charge in [0, 0.05) is 19.0 Å². The van der Waals surface area contributed by atoms with Gasteiger partial charge in [-0.15, -0.1) is 0 Å². The summed E-state index contributed by atoms with van der Waals surface area (Å²) >= 11 is 0. The van der Waals surface area contributed by atoms with Gasteiger partial charge in [0.1, 0.15) is 11.1 Å². The molecule has 15 heavy (non-hydrogen) atoms. The predicted octanol–water partition coefficient (Wildman–Crippen LogP) is 0.302. The van der Waals surface area contributed by atoms with E-state index < -0.39 is 15.1 Å². The van der Waals surface area contributed by atoms with Crippen molar-refractivity contribution in [2.45, 2.75) is 18.7 Å². The van der Waals surface area contributed by atoms with E-state index in [0.29, 0.717) is 12.4 Å². The molecule has 84 valence electrons. The second-order valence-corrected chi connectivity index (χ2v) is 5.77. The molecule has 0 radical (unpaired) electrons. The summed E-state index contributed by atoms with van der Waals surface area (Å²) in [5, 5.41) is 2.29. The van der Waals surface area contributed by atoms with Gasteiger partial charge >= 0.3 is 0 Å². The maximum atomic E-state index is 11.3. The summed E-state index contributed by atoms with van der Waals surface area (Å²) in [5.74, 6) is 0.352. The van der Waals surface area contributed by atoms with Crippen molar-refractivity contribution in [2.24, 2.45) is 0 Å². The molecule has 1 rings (SSSR count). The van der Waals surface area contributed by atoms with Gasteiger partial charge in [-0.2, -0.15) is 0 Å². The highest BCUT2D eigenvalue weighted by Gasteiger charge is 2.19. The molecule has 0 spiro atoms. The van der Waals surface area contributed by atoms with E-state index in [4.69, 9.17) is 0 Å². The Morgan fingerprint density at radius 1 is 1.53 bits per heavy atom. The molecule has 0 aromatic carbocycles. The Morgan fingerprint density at radius 2 is 2.20 bits per heavy atom. The summed E-state index contributed by atoms with van der Waals surface area (Å²) in [6, 6.07) is 1.76. The molecule has 1 N–H and O–H groups in total. The Bertz CT molecular complexity index is 431. The molecule has 0 fully saturated rings. The van der Waals surface area contributed by atoms with Crippen molar-refractivity contribution in [2.75, 3.05) is 13.3 Å². The van der Waals surface area contributed by atoms with Gasteiger partial charge in [-0.3, -0.25) is 0 Å². The molecule has 0 saturated heterocycles. The fraction of sp³-hybridized carbons (Fsp3) is 0.556. The van der Waals surface area contributed by atoms with Crippen LogP contribution in [0.15, 0.2) is 12.3 Å². The summed E-state index contributed by atoms with van der Waals surface area (Å²) in [5.41, 5.74) is 0.790. The van der Waals surface area contributed by atoms with Gasteiger partial charge in [0.15, 0.2) is 9.84 Å². The van der Waals surface area contributed by atoms with E-state index in [0.717, 1.165) is 5.69 Å². The van der Waals surface area contributed by atoms with Crippen LogP contribution in [0.3, 0.4) is 0 Å². The first-order valence-corrected chi connectivity index (χ1v) is 6.56. The summed E-state index contributed by atoms with van der Waals surface area (Å²) in [7, 11) is -1.33. The molecule has 1 atom stereocenters. The van der Waals surface area contributed by atoms with Crippen LogP contribution >= 0.6 is 0 Å². The molecule has 1 heterocycles. The van der Waals surface area contributed by atoms with Crippen LogP contribution in [-0.2, 0) is 16.4 Å². The number of sulfone groups is 1. The van der Waals surface area contributed by atoms with E-state index in [-0.39, 0.29) is 0 Å². The first-order valence-electron chi connectivity index (χ1n) is 4.60. The molecule has 0 saturated carbocycles. The predicted molar refractivity (Wildman–Crippen MR) is 58.1 cm³/mol. The lowest BCUT2D eigenvalue weighted by Gasteiger charge is -2.08. The third-order valence-electron chi connectivity index (χ3n) is 2.10. The number of hydrogen-bond donors (Lipinski definition) is 1. The van der Waals surface area contributed by atoms with Crippen LogP contribution in [0, 0.1) is 0 Å². The topological polar surface area (TPSA) is 72.0 Å². The standard InChI is InChI=1S/C9H15N3O2S/c1-7(15(3,13)14)9-11-5-4-8(12-9)6-10-2/h4-5,7,10H,6H2,1-3H3. The van der Waals surface area contributed by atoms with E-state index in [1.165, 1.54) is 6.26 Å². The lowest BCUT2D eigenvalue weighted by molar-refractivity contribution is 0.588. The molecular weight excluding hydrogens is 214 g/mol. The van der Waals surface area contributed by atoms with Crippen LogP contribution in [0.25, 0.3) is 0 Å². The van der Waals surface area contributed by atoms with Crippen LogP contribution in [0.2, 0.25) is 0 Å². The zero-order valence-corrected chi connectivity index (χ0v) is 9.87. The van der Waals surface area contributed by atoms with Crippen LogP contribution in [-0.4, -0.2) is 31.7 Å². The SMILES string of the molecule is CNCc1ccnc(C(C)S(C)(=O)=O)n1. The second-order valence-electron chi connectivity index (χ2n) is 3.41. The molecule has 1 aromatic rings. The number of rotatable bonds is 4. The zero-order chi connectivity index (χ0) is 11.5. The largest absolute Gasteiger partial charge is 0.314 e. The van der Waals surface area contributed by atoms with Crippen molar-refractivity contribution in [3.05, 3.63) is 23.8 Å². The van der Waals surface area contributed by atoms with E-state index in [1.807, 2.05) is 7.05 Å². The Labute approximate surface area is 89.9 Å². The summed E-state index contributed by atoms with van der Waals surface area (Å²) in [4.78, 5) is 8.15. The lowest BCUT2D eigenvalue weighted by Crippen LogP contribution is -2.14. The third kappa shape index (κ3) is 3.24. The van der Waals surface area contributed by atoms with Crippen molar-refractivity contribution < 1.29 is 8.42 Å². The zero-order valence-electron chi connectivity index (χ0n) is 9.06. The molecule has 6 heteroatoms. The molecular formula is C9H15N3O2S. The normalized spacial score (nSPS) is 13.8. The smallest absolute Gasteiger partial charge is 0.157 e. The highest BCUT2D eigenvalue weighted by atomic mass is 32.2. The highest BCUT2D eigenvalue weighted by molar-refractivity contribution is 7.90. The minimum absolute atomic E-state index is 0.352. The van der Waals surface area contributed by atoms with Crippen molar-refractivity contribution >= 4 is 9.84 Å². The van der Waals surface area contributed by atoms with E-state index >= 15 is 0 Å². The van der Waals surface area contributed by atoms with Gasteiger partial charge in [0.2, 0.25) is 0 Å². The fourth-order valence-electron chi connectivity index (χ4n) is 1.08. The highest BCUT2D eigenvalue weighted by Crippen LogP contribution is 2.16. The van der Waals surface area contributed by atoms with E-state index in [9.17, 15) is 8.42 Å². The number of aromatic nitrogens is 2. The van der Waals surface area contributed by atoms with Gasteiger partial charge in [-0.1, -0.05) is 0 Å². The van der Waals surface area contributed by atoms with Gasteiger partial charge in [-0.05, 0) is 20.0 Å². The quantitative estimate of drug-likeness (QED) is 0.804. The Balaban J connectivity index is 3.00. The summed E-state index contributed by atoms with van der Waals surface area (Å²) in [6.45, 7) is 2.19. The van der Waals surface area contributed by atoms with Crippen LogP contribution in [0.5, 0.6) is 0 Å². The maximum Gasteiger partial charge on any atom is 0.157 e. The van der Waals surface area contributed by atoms with Crippen LogP contribution in [0.1, 0.15) is 23.7 Å². The first-order chi connectivity index (χ1) is 6.95. The van der Waals surface area contributed by atoms with E-state index in [2.05, 4.69) is 15.3 Å². The van der Waals surface area contributed by atoms with E-state index in [1.54, 1.807) is 19.2 Å². The van der Waals surface area contributed by atoms with Gasteiger partial charge in [0.05, 0.1) is 5.69 Å². The Hall–Kier alpha value is -1.01. The minimum atomic E-state index is -3.13. The number of hydrogen-bond acceptors (Lipinski definition) is 5. The lowest BCUT2D eigenvalue weighted by atomic mass is 10.3. The van der Waals surface area contributed by atoms with Crippen molar-refractivity contribution in [3.8, 4) is 0 Å². The summed E-state index contributed by atoms with van der Waals surface area (Å²) in [6.07, 6.45) is 2.77. The molecule has 0 bridgehead atoms. The van der Waals surface area contributed by atoms with Crippen molar-refractivity contribution in [1.82, 2.24) is 15.3 Å².